The number of hydrogen-bond donors (Lipinski definition) is 1. The number of halogens is 1. The fraction of sp³-hybridized carbons (Fsp3) is 0.308. The summed E-state index contributed by atoms with van der Waals surface area (Å²) < 4.78 is 0.617. The molecule has 2 heterocycles. The number of fused-ring (bicyclic) bond motifs is 1. The van der Waals surface area contributed by atoms with E-state index in [1.807, 2.05) is 18.3 Å². The Kier molecular flexibility index (Phi) is 3.24. The van der Waals surface area contributed by atoms with Gasteiger partial charge in [0.2, 0.25) is 0 Å². The molecule has 2 aromatic rings. The monoisotopic (exact) mass is 279 g/mol. The Balaban J connectivity index is 1.75. The molecule has 0 unspecified atom stereocenters. The van der Waals surface area contributed by atoms with Crippen molar-refractivity contribution in [3.8, 4) is 0 Å². The van der Waals surface area contributed by atoms with E-state index in [2.05, 4.69) is 16.0 Å². The number of nitrogens with zero attached hydrogens (tertiary/aromatic N) is 2. The van der Waals surface area contributed by atoms with Crippen molar-refractivity contribution in [3.05, 3.63) is 44.9 Å². The lowest BCUT2D eigenvalue weighted by Crippen LogP contribution is -2.30. The third kappa shape index (κ3) is 2.36. The first kappa shape index (κ1) is 12.0. The molecule has 1 aliphatic rings. The quantitative estimate of drug-likeness (QED) is 0.860. The first-order valence-corrected chi connectivity index (χ1v) is 7.10. The lowest BCUT2D eigenvalue weighted by molar-refractivity contribution is 0.248. The largest absolute Gasteiger partial charge is 0.398 e. The Morgan fingerprint density at radius 2 is 2.33 bits per heavy atom. The van der Waals surface area contributed by atoms with Gasteiger partial charge in [-0.1, -0.05) is 23.7 Å². The summed E-state index contributed by atoms with van der Waals surface area (Å²) in [6.45, 7) is 2.91. The molecule has 0 amide bonds. The van der Waals surface area contributed by atoms with Crippen molar-refractivity contribution in [1.82, 2.24) is 9.88 Å². The van der Waals surface area contributed by atoms with Crippen molar-refractivity contribution in [3.63, 3.8) is 0 Å². The van der Waals surface area contributed by atoms with Crippen LogP contribution in [-0.4, -0.2) is 16.4 Å². The second kappa shape index (κ2) is 4.88. The maximum atomic E-state index is 6.00. The Bertz CT molecular complexity index is 567. The smallest absolute Gasteiger partial charge is 0.183 e. The summed E-state index contributed by atoms with van der Waals surface area (Å²) in [7, 11) is 0. The van der Waals surface area contributed by atoms with Gasteiger partial charge in [0.05, 0.1) is 0 Å². The molecule has 0 bridgehead atoms. The number of anilines is 1. The zero-order chi connectivity index (χ0) is 12.5. The first-order valence-electron chi connectivity index (χ1n) is 5.91. The predicted molar refractivity (Wildman–Crippen MR) is 75.8 cm³/mol. The van der Waals surface area contributed by atoms with E-state index in [0.29, 0.717) is 4.47 Å². The van der Waals surface area contributed by atoms with Crippen molar-refractivity contribution in [2.24, 2.45) is 0 Å². The Hall–Kier alpha value is -1.10. The van der Waals surface area contributed by atoms with Gasteiger partial charge < -0.3 is 5.73 Å². The van der Waals surface area contributed by atoms with Crippen molar-refractivity contribution in [1.29, 1.82) is 0 Å². The van der Waals surface area contributed by atoms with Gasteiger partial charge in [-0.3, -0.25) is 4.90 Å². The van der Waals surface area contributed by atoms with Crippen LogP contribution in [0.1, 0.15) is 16.0 Å². The van der Waals surface area contributed by atoms with Crippen LogP contribution in [0.3, 0.4) is 0 Å². The second-order valence-electron chi connectivity index (χ2n) is 4.53. The molecule has 0 saturated carbocycles. The molecule has 1 aromatic heterocycles. The fourth-order valence-electron chi connectivity index (χ4n) is 2.41. The number of thiazole rings is 1. The van der Waals surface area contributed by atoms with Crippen LogP contribution in [0.15, 0.2) is 24.4 Å². The van der Waals surface area contributed by atoms with Crippen molar-refractivity contribution in [2.45, 2.75) is 19.5 Å². The number of nitrogen functional groups attached to an aromatic ring is 1. The summed E-state index contributed by atoms with van der Waals surface area (Å²) in [6.07, 6.45) is 2.89. The third-order valence-corrected chi connectivity index (χ3v) is 4.39. The van der Waals surface area contributed by atoms with E-state index in [4.69, 9.17) is 17.3 Å². The molecule has 0 spiro atoms. The zero-order valence-corrected chi connectivity index (χ0v) is 11.5. The average Bonchev–Trinajstić information content (AvgIpc) is 2.75. The third-order valence-electron chi connectivity index (χ3n) is 3.29. The van der Waals surface area contributed by atoms with E-state index < -0.39 is 0 Å². The lowest BCUT2D eigenvalue weighted by Gasteiger charge is -2.28. The summed E-state index contributed by atoms with van der Waals surface area (Å²) in [5, 5.41) is 0. The van der Waals surface area contributed by atoms with Crippen LogP contribution in [0.25, 0.3) is 0 Å². The summed E-state index contributed by atoms with van der Waals surface area (Å²) in [6, 6.07) is 6.18. The van der Waals surface area contributed by atoms with Gasteiger partial charge >= 0.3 is 0 Å². The molecule has 0 atom stereocenters. The van der Waals surface area contributed by atoms with Crippen LogP contribution in [0.2, 0.25) is 4.47 Å². The molecule has 94 valence electrons. The van der Waals surface area contributed by atoms with Gasteiger partial charge in [-0.05, 0) is 23.6 Å². The zero-order valence-electron chi connectivity index (χ0n) is 9.90. The minimum Gasteiger partial charge on any atom is -0.398 e. The molecule has 1 aromatic carbocycles. The van der Waals surface area contributed by atoms with Crippen LogP contribution >= 0.6 is 22.9 Å². The molecule has 2 N–H and O–H groups in total. The summed E-state index contributed by atoms with van der Waals surface area (Å²) in [5.74, 6) is 0. The highest BCUT2D eigenvalue weighted by atomic mass is 35.5. The molecule has 0 saturated heterocycles. The Morgan fingerprint density at radius 3 is 3.11 bits per heavy atom. The van der Waals surface area contributed by atoms with Crippen LogP contribution in [-0.2, 0) is 19.5 Å². The number of hydrogen-bond acceptors (Lipinski definition) is 4. The van der Waals surface area contributed by atoms with E-state index in [9.17, 15) is 0 Å². The normalized spacial score (nSPS) is 15.6. The first-order chi connectivity index (χ1) is 8.72. The van der Waals surface area contributed by atoms with E-state index >= 15 is 0 Å². The average molecular weight is 280 g/mol. The Morgan fingerprint density at radius 1 is 1.44 bits per heavy atom. The topological polar surface area (TPSA) is 42.1 Å². The van der Waals surface area contributed by atoms with E-state index in [-0.39, 0.29) is 0 Å². The van der Waals surface area contributed by atoms with E-state index in [1.165, 1.54) is 16.0 Å². The van der Waals surface area contributed by atoms with Gasteiger partial charge in [0, 0.05) is 36.4 Å². The van der Waals surface area contributed by atoms with Crippen LogP contribution in [0.4, 0.5) is 5.69 Å². The molecule has 5 heteroatoms. The summed E-state index contributed by atoms with van der Waals surface area (Å²) >= 11 is 7.41. The lowest BCUT2D eigenvalue weighted by atomic mass is 9.98. The molecule has 1 aliphatic heterocycles. The van der Waals surface area contributed by atoms with Crippen molar-refractivity contribution < 1.29 is 0 Å². The number of rotatable bonds is 2. The highest BCUT2D eigenvalue weighted by molar-refractivity contribution is 7.15. The standard InChI is InChI=1S/C13H14ClN3S/c14-13-16-6-10(18-13)8-17-5-4-11-9(7-17)2-1-3-12(11)15/h1-3,6H,4-5,7-8,15H2. The van der Waals surface area contributed by atoms with E-state index in [0.717, 1.165) is 31.7 Å². The van der Waals surface area contributed by atoms with Gasteiger partial charge in [-0.2, -0.15) is 0 Å². The van der Waals surface area contributed by atoms with Gasteiger partial charge in [0.15, 0.2) is 4.47 Å². The van der Waals surface area contributed by atoms with Gasteiger partial charge in [0.1, 0.15) is 0 Å². The van der Waals surface area contributed by atoms with Crippen LogP contribution in [0, 0.1) is 0 Å². The van der Waals surface area contributed by atoms with Crippen molar-refractivity contribution >= 4 is 28.6 Å². The van der Waals surface area contributed by atoms with Crippen molar-refractivity contribution in [2.75, 3.05) is 12.3 Å². The molecular weight excluding hydrogens is 266 g/mol. The molecular formula is C13H14ClN3S. The maximum Gasteiger partial charge on any atom is 0.183 e. The van der Waals surface area contributed by atoms with E-state index in [1.54, 1.807) is 11.3 Å². The molecule has 0 aliphatic carbocycles. The molecule has 0 fully saturated rings. The fourth-order valence-corrected chi connectivity index (χ4v) is 3.43. The predicted octanol–water partition coefficient (Wildman–Crippen LogP) is 2.94. The molecule has 0 radical (unpaired) electrons. The summed E-state index contributed by atoms with van der Waals surface area (Å²) in [4.78, 5) is 7.70. The van der Waals surface area contributed by atoms with Crippen LogP contribution < -0.4 is 5.73 Å². The molecule has 18 heavy (non-hydrogen) atoms. The maximum absolute atomic E-state index is 6.00. The van der Waals surface area contributed by atoms with Gasteiger partial charge in [-0.25, -0.2) is 4.98 Å². The molecule has 3 rings (SSSR count). The SMILES string of the molecule is Nc1cccc2c1CCN(Cc1cnc(Cl)s1)C2. The van der Waals surface area contributed by atoms with Gasteiger partial charge in [-0.15, -0.1) is 11.3 Å². The summed E-state index contributed by atoms with van der Waals surface area (Å²) in [5.41, 5.74) is 9.58. The number of nitrogens with two attached hydrogens (primary N) is 1. The van der Waals surface area contributed by atoms with Crippen LogP contribution in [0.5, 0.6) is 0 Å². The second-order valence-corrected chi connectivity index (χ2v) is 6.22. The number of aromatic nitrogens is 1. The minimum atomic E-state index is 0.617. The number of benzene rings is 1. The minimum absolute atomic E-state index is 0.617. The highest BCUT2D eigenvalue weighted by Crippen LogP contribution is 2.26. The van der Waals surface area contributed by atoms with Gasteiger partial charge in [0.25, 0.3) is 0 Å². The molecule has 3 nitrogen and oxygen atoms in total. The Labute approximate surface area is 115 Å². The highest BCUT2D eigenvalue weighted by Gasteiger charge is 2.18.